The minimum absolute atomic E-state index is 0. The van der Waals surface area contributed by atoms with Gasteiger partial charge in [-0.25, -0.2) is 0 Å². The SMILES string of the molecule is CCCCCC[N+](C)(C)CCCl.[Br-]. The highest BCUT2D eigenvalue weighted by atomic mass is 79.9. The van der Waals surface area contributed by atoms with Crippen molar-refractivity contribution in [1.29, 1.82) is 0 Å². The lowest BCUT2D eigenvalue weighted by molar-refractivity contribution is -0.888. The minimum atomic E-state index is 0. The summed E-state index contributed by atoms with van der Waals surface area (Å²) in [5, 5.41) is 0. The third kappa shape index (κ3) is 10.7. The molecule has 0 aromatic rings. The molecular weight excluding hydrogens is 249 g/mol. The van der Waals surface area contributed by atoms with Crippen LogP contribution in [0.5, 0.6) is 0 Å². The molecule has 0 spiro atoms. The third-order valence-electron chi connectivity index (χ3n) is 2.31. The van der Waals surface area contributed by atoms with Gasteiger partial charge in [0.1, 0.15) is 0 Å². The Morgan fingerprint density at radius 3 is 2.08 bits per heavy atom. The highest BCUT2D eigenvalue weighted by molar-refractivity contribution is 6.17. The predicted octanol–water partition coefficient (Wildman–Crippen LogP) is -0.114. The van der Waals surface area contributed by atoms with Crippen LogP contribution in [0.4, 0.5) is 0 Å². The summed E-state index contributed by atoms with van der Waals surface area (Å²) in [6, 6.07) is 0. The third-order valence-corrected chi connectivity index (χ3v) is 2.48. The fourth-order valence-electron chi connectivity index (χ4n) is 1.31. The molecule has 82 valence electrons. The molecule has 0 atom stereocenters. The molecule has 0 N–H and O–H groups in total. The van der Waals surface area contributed by atoms with Gasteiger partial charge in [0, 0.05) is 0 Å². The van der Waals surface area contributed by atoms with Crippen LogP contribution in [0.25, 0.3) is 0 Å². The summed E-state index contributed by atoms with van der Waals surface area (Å²) in [6.45, 7) is 4.61. The van der Waals surface area contributed by atoms with Gasteiger partial charge in [0.15, 0.2) is 0 Å². The molecule has 0 bridgehead atoms. The van der Waals surface area contributed by atoms with Crippen LogP contribution >= 0.6 is 11.6 Å². The van der Waals surface area contributed by atoms with Crippen molar-refractivity contribution < 1.29 is 21.5 Å². The fraction of sp³-hybridized carbons (Fsp3) is 1.00. The van der Waals surface area contributed by atoms with E-state index in [0.717, 1.165) is 16.9 Å². The number of halogens is 2. The Hall–Kier alpha value is 0.730. The van der Waals surface area contributed by atoms with E-state index in [-0.39, 0.29) is 17.0 Å². The van der Waals surface area contributed by atoms with Gasteiger partial charge in [-0.3, -0.25) is 0 Å². The maximum atomic E-state index is 5.71. The van der Waals surface area contributed by atoms with Gasteiger partial charge >= 0.3 is 0 Å². The van der Waals surface area contributed by atoms with Crippen molar-refractivity contribution in [2.45, 2.75) is 32.6 Å². The van der Waals surface area contributed by atoms with Crippen LogP contribution in [-0.2, 0) is 0 Å². The van der Waals surface area contributed by atoms with Gasteiger partial charge < -0.3 is 21.5 Å². The summed E-state index contributed by atoms with van der Waals surface area (Å²) in [5.74, 6) is 0.779. The zero-order chi connectivity index (χ0) is 9.45. The normalized spacial score (nSPS) is 11.1. The van der Waals surface area contributed by atoms with E-state index < -0.39 is 0 Å². The lowest BCUT2D eigenvalue weighted by atomic mass is 10.2. The smallest absolute Gasteiger partial charge is 0.0920 e. The van der Waals surface area contributed by atoms with E-state index in [1.807, 2.05) is 0 Å². The standard InChI is InChI=1S/C10H23ClN.BrH/c1-4-5-6-7-9-12(2,3)10-8-11;/h4-10H2,1-3H3;1H/q+1;/p-1. The Morgan fingerprint density at radius 1 is 1.00 bits per heavy atom. The number of rotatable bonds is 7. The van der Waals surface area contributed by atoms with Gasteiger partial charge in [-0.15, -0.1) is 11.6 Å². The van der Waals surface area contributed by atoms with Crippen molar-refractivity contribution in [3.8, 4) is 0 Å². The maximum absolute atomic E-state index is 5.71. The number of nitrogens with zero attached hydrogens (tertiary/aromatic N) is 1. The quantitative estimate of drug-likeness (QED) is 0.345. The average Bonchev–Trinajstić information content (AvgIpc) is 1.98. The average molecular weight is 273 g/mol. The Balaban J connectivity index is 0. The molecule has 0 aliphatic heterocycles. The van der Waals surface area contributed by atoms with E-state index in [1.54, 1.807) is 0 Å². The van der Waals surface area contributed by atoms with Gasteiger partial charge in [-0.1, -0.05) is 19.8 Å². The molecule has 0 rings (SSSR count). The van der Waals surface area contributed by atoms with Crippen molar-refractivity contribution >= 4 is 11.6 Å². The fourth-order valence-corrected chi connectivity index (χ4v) is 1.76. The topological polar surface area (TPSA) is 0 Å². The van der Waals surface area contributed by atoms with Crippen LogP contribution in [0.15, 0.2) is 0 Å². The van der Waals surface area contributed by atoms with Gasteiger partial charge in [0.25, 0.3) is 0 Å². The number of alkyl halides is 1. The molecule has 1 nitrogen and oxygen atoms in total. The van der Waals surface area contributed by atoms with E-state index >= 15 is 0 Å². The second kappa shape index (κ2) is 9.29. The molecule has 0 radical (unpaired) electrons. The highest BCUT2D eigenvalue weighted by Gasteiger charge is 2.12. The van der Waals surface area contributed by atoms with Crippen molar-refractivity contribution in [3.05, 3.63) is 0 Å². The molecule has 0 heterocycles. The Kier molecular flexibility index (Phi) is 11.6. The summed E-state index contributed by atoms with van der Waals surface area (Å²) >= 11 is 5.71. The molecule has 0 unspecified atom stereocenters. The largest absolute Gasteiger partial charge is 1.00 e. The number of hydrogen-bond donors (Lipinski definition) is 0. The molecule has 0 aliphatic rings. The van der Waals surface area contributed by atoms with Gasteiger partial charge in [0.05, 0.1) is 33.1 Å². The monoisotopic (exact) mass is 271 g/mol. The van der Waals surface area contributed by atoms with Gasteiger partial charge in [0.2, 0.25) is 0 Å². The van der Waals surface area contributed by atoms with E-state index in [9.17, 15) is 0 Å². The molecule has 0 amide bonds. The van der Waals surface area contributed by atoms with Crippen molar-refractivity contribution in [2.24, 2.45) is 0 Å². The Morgan fingerprint density at radius 2 is 1.62 bits per heavy atom. The maximum Gasteiger partial charge on any atom is 0.0920 e. The van der Waals surface area contributed by atoms with Crippen LogP contribution in [0.1, 0.15) is 32.6 Å². The molecule has 3 heteroatoms. The molecule has 0 saturated carbocycles. The van der Waals surface area contributed by atoms with Crippen molar-refractivity contribution in [1.82, 2.24) is 0 Å². The highest BCUT2D eigenvalue weighted by Crippen LogP contribution is 2.05. The molecule has 13 heavy (non-hydrogen) atoms. The van der Waals surface area contributed by atoms with Crippen LogP contribution in [0, 0.1) is 0 Å². The lowest BCUT2D eigenvalue weighted by Crippen LogP contribution is -3.00. The summed E-state index contributed by atoms with van der Waals surface area (Å²) in [7, 11) is 4.52. The first-order chi connectivity index (χ1) is 5.62. The molecule has 0 aromatic carbocycles. The summed E-state index contributed by atoms with van der Waals surface area (Å²) < 4.78 is 1.08. The first-order valence-corrected chi connectivity index (χ1v) is 5.54. The predicted molar refractivity (Wildman–Crippen MR) is 56.7 cm³/mol. The van der Waals surface area contributed by atoms with E-state index in [0.29, 0.717) is 0 Å². The van der Waals surface area contributed by atoms with Crippen LogP contribution in [0.3, 0.4) is 0 Å². The van der Waals surface area contributed by atoms with E-state index in [4.69, 9.17) is 11.6 Å². The Labute approximate surface area is 98.8 Å². The number of quaternary nitrogens is 1. The first-order valence-electron chi connectivity index (χ1n) is 5.00. The molecule has 0 aromatic heterocycles. The van der Waals surface area contributed by atoms with Crippen molar-refractivity contribution in [2.75, 3.05) is 33.1 Å². The van der Waals surface area contributed by atoms with Crippen LogP contribution < -0.4 is 17.0 Å². The zero-order valence-electron chi connectivity index (χ0n) is 9.15. The second-order valence-electron chi connectivity index (χ2n) is 4.13. The molecule has 0 fully saturated rings. The zero-order valence-corrected chi connectivity index (χ0v) is 11.5. The molecular formula is C10H23BrClN. The minimum Gasteiger partial charge on any atom is -1.00 e. The van der Waals surface area contributed by atoms with Crippen LogP contribution in [0.2, 0.25) is 0 Å². The lowest BCUT2D eigenvalue weighted by Gasteiger charge is -2.28. The van der Waals surface area contributed by atoms with E-state index in [1.165, 1.54) is 32.2 Å². The number of hydrogen-bond acceptors (Lipinski definition) is 0. The first kappa shape index (κ1) is 16.2. The Bertz CT molecular complexity index is 107. The molecule has 0 saturated heterocycles. The summed E-state index contributed by atoms with van der Waals surface area (Å²) in [5.41, 5.74) is 0. The summed E-state index contributed by atoms with van der Waals surface area (Å²) in [6.07, 6.45) is 5.42. The van der Waals surface area contributed by atoms with Gasteiger partial charge in [-0.2, -0.15) is 0 Å². The second-order valence-corrected chi connectivity index (χ2v) is 4.51. The molecule has 0 aliphatic carbocycles. The number of unbranched alkanes of at least 4 members (excludes halogenated alkanes) is 3. The van der Waals surface area contributed by atoms with Gasteiger partial charge in [-0.05, 0) is 12.8 Å². The van der Waals surface area contributed by atoms with E-state index in [2.05, 4.69) is 21.0 Å². The van der Waals surface area contributed by atoms with Crippen molar-refractivity contribution in [3.63, 3.8) is 0 Å². The van der Waals surface area contributed by atoms with Crippen LogP contribution in [-0.4, -0.2) is 37.5 Å². The summed E-state index contributed by atoms with van der Waals surface area (Å²) in [4.78, 5) is 0.